The van der Waals surface area contributed by atoms with E-state index in [1.54, 1.807) is 0 Å². The summed E-state index contributed by atoms with van der Waals surface area (Å²) in [6, 6.07) is 24.4. The number of pyridine rings is 1. The van der Waals surface area contributed by atoms with Crippen LogP contribution in [0.3, 0.4) is 0 Å². The lowest BCUT2D eigenvalue weighted by Gasteiger charge is -2.28. The largest absolute Gasteiger partial charge is 0.487 e. The van der Waals surface area contributed by atoms with Gasteiger partial charge in [0.1, 0.15) is 12.4 Å². The predicted octanol–water partition coefficient (Wildman–Crippen LogP) is 6.68. The van der Waals surface area contributed by atoms with Crippen molar-refractivity contribution in [3.8, 4) is 5.75 Å². The van der Waals surface area contributed by atoms with E-state index < -0.39 is 5.97 Å². The first-order valence-corrected chi connectivity index (χ1v) is 12.1. The smallest absolute Gasteiger partial charge is 0.350 e. The Labute approximate surface area is 204 Å². The van der Waals surface area contributed by atoms with Crippen molar-refractivity contribution < 1.29 is 19.5 Å². The summed E-state index contributed by atoms with van der Waals surface area (Å²) in [6.07, 6.45) is 6.22. The number of para-hydroxylation sites is 1. The molecule has 4 aromatic rings. The van der Waals surface area contributed by atoms with Crippen LogP contribution in [0.25, 0.3) is 21.7 Å². The number of aliphatic carboxylic acids is 1. The van der Waals surface area contributed by atoms with Crippen molar-refractivity contribution >= 4 is 33.9 Å². The SMILES string of the molecule is O=C(O)/C=N/OC(c1ccc2cc(OCc3ccc4ccccc4n3)ccc2c1)C1CCCCC1. The Morgan fingerprint density at radius 3 is 2.60 bits per heavy atom. The first-order chi connectivity index (χ1) is 17.2. The number of nitrogens with zero attached hydrogens (tertiary/aromatic N) is 2. The van der Waals surface area contributed by atoms with Crippen molar-refractivity contribution in [3.63, 3.8) is 0 Å². The quantitative estimate of drug-likeness (QED) is 0.231. The highest BCUT2D eigenvalue weighted by atomic mass is 16.6. The molecular weight excluding hydrogens is 440 g/mol. The van der Waals surface area contributed by atoms with Gasteiger partial charge in [-0.3, -0.25) is 0 Å². The van der Waals surface area contributed by atoms with Crippen LogP contribution in [-0.4, -0.2) is 22.3 Å². The van der Waals surface area contributed by atoms with Crippen molar-refractivity contribution in [2.45, 2.75) is 44.8 Å². The molecule has 1 aliphatic carbocycles. The number of aromatic nitrogens is 1. The topological polar surface area (TPSA) is 81.0 Å². The summed E-state index contributed by atoms with van der Waals surface area (Å²) in [5.74, 6) is -0.00660. The van der Waals surface area contributed by atoms with Crippen LogP contribution in [0.5, 0.6) is 5.75 Å². The van der Waals surface area contributed by atoms with E-state index >= 15 is 0 Å². The van der Waals surface area contributed by atoms with Gasteiger partial charge in [-0.2, -0.15) is 0 Å². The van der Waals surface area contributed by atoms with Gasteiger partial charge < -0.3 is 14.7 Å². The summed E-state index contributed by atoms with van der Waals surface area (Å²) in [5.41, 5.74) is 2.86. The van der Waals surface area contributed by atoms with Crippen molar-refractivity contribution in [2.75, 3.05) is 0 Å². The van der Waals surface area contributed by atoms with Crippen LogP contribution >= 0.6 is 0 Å². The fourth-order valence-corrected chi connectivity index (χ4v) is 4.85. The highest BCUT2D eigenvalue weighted by Crippen LogP contribution is 2.38. The lowest BCUT2D eigenvalue weighted by atomic mass is 9.82. The molecule has 0 aliphatic heterocycles. The number of carboxylic acid groups (broad SMARTS) is 1. The first kappa shape index (κ1) is 22.8. The lowest BCUT2D eigenvalue weighted by molar-refractivity contribution is -0.129. The van der Waals surface area contributed by atoms with E-state index in [2.05, 4.69) is 28.3 Å². The second kappa shape index (κ2) is 10.6. The molecule has 178 valence electrons. The molecule has 0 radical (unpaired) electrons. The standard InChI is InChI=1S/C29H28N2O4/c32-28(33)18-30-35-29(21-7-2-1-3-8-21)24-11-10-23-17-26(15-13-22(23)16-24)34-19-25-14-12-20-6-4-5-9-27(20)31-25/h4-6,9-18,21,29H,1-3,7-8,19H2,(H,32,33)/b30-18+. The van der Waals surface area contributed by atoms with Gasteiger partial charge in [0, 0.05) is 11.3 Å². The Bertz CT molecular complexity index is 1360. The van der Waals surface area contributed by atoms with Gasteiger partial charge in [0.15, 0.2) is 12.3 Å². The molecule has 1 atom stereocenters. The Hall–Kier alpha value is -3.93. The Balaban J connectivity index is 1.33. The average Bonchev–Trinajstić information content (AvgIpc) is 2.90. The van der Waals surface area contributed by atoms with E-state index in [1.165, 1.54) is 6.42 Å². The van der Waals surface area contributed by atoms with E-state index in [0.717, 1.165) is 70.6 Å². The number of carboxylic acids is 1. The van der Waals surface area contributed by atoms with Crippen LogP contribution < -0.4 is 4.74 Å². The molecule has 5 rings (SSSR count). The van der Waals surface area contributed by atoms with Crippen LogP contribution in [0, 0.1) is 5.92 Å². The summed E-state index contributed by atoms with van der Waals surface area (Å²) in [6.45, 7) is 0.396. The zero-order chi connectivity index (χ0) is 24.0. The Morgan fingerprint density at radius 1 is 0.971 bits per heavy atom. The van der Waals surface area contributed by atoms with Gasteiger partial charge in [-0.25, -0.2) is 9.78 Å². The molecule has 1 heterocycles. The summed E-state index contributed by atoms with van der Waals surface area (Å²) in [4.78, 5) is 21.3. The van der Waals surface area contributed by atoms with E-state index in [9.17, 15) is 4.79 Å². The maximum atomic E-state index is 10.9. The number of ether oxygens (including phenoxy) is 1. The second-order valence-corrected chi connectivity index (χ2v) is 9.05. The molecule has 1 aromatic heterocycles. The normalized spacial score (nSPS) is 15.4. The van der Waals surface area contributed by atoms with E-state index in [4.69, 9.17) is 14.7 Å². The molecule has 1 fully saturated rings. The minimum atomic E-state index is -1.11. The molecule has 1 saturated carbocycles. The number of benzene rings is 3. The minimum absolute atomic E-state index is 0.259. The third kappa shape index (κ3) is 5.60. The molecule has 1 unspecified atom stereocenters. The predicted molar refractivity (Wildman–Crippen MR) is 137 cm³/mol. The number of carbonyl (C=O) groups is 1. The third-order valence-electron chi connectivity index (χ3n) is 6.62. The lowest BCUT2D eigenvalue weighted by Crippen LogP contribution is -2.18. The van der Waals surface area contributed by atoms with Gasteiger partial charge in [-0.05, 0) is 59.5 Å². The molecule has 1 N–H and O–H groups in total. The zero-order valence-electron chi connectivity index (χ0n) is 19.5. The molecule has 6 heteroatoms. The molecule has 6 nitrogen and oxygen atoms in total. The van der Waals surface area contributed by atoms with Crippen molar-refractivity contribution in [3.05, 3.63) is 84.1 Å². The number of hydrogen-bond acceptors (Lipinski definition) is 5. The highest BCUT2D eigenvalue weighted by Gasteiger charge is 2.27. The van der Waals surface area contributed by atoms with Crippen molar-refractivity contribution in [1.82, 2.24) is 4.98 Å². The Morgan fingerprint density at radius 2 is 1.74 bits per heavy atom. The Kier molecular flexibility index (Phi) is 6.89. The van der Waals surface area contributed by atoms with Crippen molar-refractivity contribution in [2.24, 2.45) is 11.1 Å². The van der Waals surface area contributed by atoms with Crippen LogP contribution in [-0.2, 0) is 16.2 Å². The molecular formula is C29H28N2O4. The van der Waals surface area contributed by atoms with Gasteiger partial charge in [0.25, 0.3) is 0 Å². The molecule has 3 aromatic carbocycles. The van der Waals surface area contributed by atoms with Gasteiger partial charge in [0.05, 0.1) is 11.2 Å². The van der Waals surface area contributed by atoms with Gasteiger partial charge >= 0.3 is 5.97 Å². The van der Waals surface area contributed by atoms with E-state index in [0.29, 0.717) is 12.5 Å². The minimum Gasteiger partial charge on any atom is -0.487 e. The van der Waals surface area contributed by atoms with Crippen LogP contribution in [0.1, 0.15) is 49.5 Å². The van der Waals surface area contributed by atoms with Gasteiger partial charge in [0.2, 0.25) is 0 Å². The summed E-state index contributed by atoms with van der Waals surface area (Å²) in [5, 5.41) is 15.9. The maximum Gasteiger partial charge on any atom is 0.350 e. The summed E-state index contributed by atoms with van der Waals surface area (Å²) >= 11 is 0. The summed E-state index contributed by atoms with van der Waals surface area (Å²) in [7, 11) is 0. The van der Waals surface area contributed by atoms with E-state index in [1.807, 2.05) is 54.6 Å². The maximum absolute atomic E-state index is 10.9. The number of fused-ring (bicyclic) bond motifs is 2. The number of hydrogen-bond donors (Lipinski definition) is 1. The monoisotopic (exact) mass is 468 g/mol. The number of rotatable bonds is 8. The molecule has 0 saturated heterocycles. The van der Waals surface area contributed by atoms with Gasteiger partial charge in [-0.1, -0.05) is 66.9 Å². The van der Waals surface area contributed by atoms with E-state index in [-0.39, 0.29) is 6.10 Å². The van der Waals surface area contributed by atoms with Crippen LogP contribution in [0.15, 0.2) is 78.0 Å². The third-order valence-corrected chi connectivity index (χ3v) is 6.62. The zero-order valence-corrected chi connectivity index (χ0v) is 19.5. The second-order valence-electron chi connectivity index (χ2n) is 9.05. The van der Waals surface area contributed by atoms with Gasteiger partial charge in [-0.15, -0.1) is 0 Å². The molecule has 0 spiro atoms. The number of oxime groups is 1. The fourth-order valence-electron chi connectivity index (χ4n) is 4.85. The fraction of sp³-hybridized carbons (Fsp3) is 0.276. The molecule has 0 amide bonds. The van der Waals surface area contributed by atoms with Crippen molar-refractivity contribution in [1.29, 1.82) is 0 Å². The molecule has 0 bridgehead atoms. The summed E-state index contributed by atoms with van der Waals surface area (Å²) < 4.78 is 6.04. The first-order valence-electron chi connectivity index (χ1n) is 12.1. The van der Waals surface area contributed by atoms with Crippen LogP contribution in [0.4, 0.5) is 0 Å². The average molecular weight is 469 g/mol. The highest BCUT2D eigenvalue weighted by molar-refractivity contribution is 6.21. The molecule has 1 aliphatic rings. The molecule has 35 heavy (non-hydrogen) atoms. The van der Waals surface area contributed by atoms with Crippen LogP contribution in [0.2, 0.25) is 0 Å².